The molecular weight excluding hydrogens is 633 g/mol. The topological polar surface area (TPSA) is 29.3 Å². The highest BCUT2D eigenvalue weighted by molar-refractivity contribution is 6.19. The molecule has 0 saturated heterocycles. The standard InChI is InChI=1S/C49H32N2O/c1-2-9-33(10-3-1)35-21-25-40(26-22-35)51(48-46-32-50-30-29-39(46)31-45-44-14-6-7-16-47(44)52-49(45)48)41-27-23-36(24-28-41)34-17-19-38(20-18-34)43-15-8-12-37-11-4-5-13-42(37)43/h1-32H. The van der Waals surface area contributed by atoms with Crippen LogP contribution in [0.1, 0.15) is 0 Å². The summed E-state index contributed by atoms with van der Waals surface area (Å²) < 4.78 is 6.71. The second kappa shape index (κ2) is 12.4. The van der Waals surface area contributed by atoms with Crippen LogP contribution in [0.5, 0.6) is 0 Å². The van der Waals surface area contributed by atoms with Crippen LogP contribution in [0.15, 0.2) is 199 Å². The first-order chi connectivity index (χ1) is 25.8. The van der Waals surface area contributed by atoms with Crippen LogP contribution in [-0.4, -0.2) is 4.98 Å². The Morgan fingerprint density at radius 3 is 1.71 bits per heavy atom. The van der Waals surface area contributed by atoms with Crippen molar-refractivity contribution in [3.63, 3.8) is 0 Å². The number of pyridine rings is 1. The Bertz CT molecular complexity index is 2870. The van der Waals surface area contributed by atoms with Gasteiger partial charge >= 0.3 is 0 Å². The number of hydrogen-bond acceptors (Lipinski definition) is 3. The average Bonchev–Trinajstić information content (AvgIpc) is 3.59. The van der Waals surface area contributed by atoms with Crippen molar-refractivity contribution in [1.29, 1.82) is 0 Å². The van der Waals surface area contributed by atoms with Gasteiger partial charge in [-0.25, -0.2) is 0 Å². The summed E-state index contributed by atoms with van der Waals surface area (Å²) in [4.78, 5) is 6.91. The summed E-state index contributed by atoms with van der Waals surface area (Å²) in [5, 5.41) is 6.83. The van der Waals surface area contributed by atoms with E-state index in [2.05, 4.69) is 180 Å². The molecule has 3 nitrogen and oxygen atoms in total. The van der Waals surface area contributed by atoms with Crippen LogP contribution >= 0.6 is 0 Å². The molecule has 0 amide bonds. The number of anilines is 3. The van der Waals surface area contributed by atoms with E-state index in [1.54, 1.807) is 0 Å². The SMILES string of the molecule is c1ccc(-c2ccc(N(c3ccc(-c4ccc(-c5cccc6ccccc56)cc4)cc3)c3c4cnccc4cc4c3oc3ccccc34)cc2)cc1. The zero-order chi connectivity index (χ0) is 34.4. The molecule has 3 heteroatoms. The van der Waals surface area contributed by atoms with Crippen LogP contribution in [0.4, 0.5) is 17.1 Å². The van der Waals surface area contributed by atoms with Gasteiger partial charge < -0.3 is 9.32 Å². The van der Waals surface area contributed by atoms with Crippen LogP contribution in [0.25, 0.3) is 76.9 Å². The molecule has 244 valence electrons. The molecule has 10 aromatic rings. The van der Waals surface area contributed by atoms with Crippen molar-refractivity contribution < 1.29 is 4.42 Å². The smallest absolute Gasteiger partial charge is 0.160 e. The molecule has 0 aliphatic rings. The lowest BCUT2D eigenvalue weighted by atomic mass is 9.96. The highest BCUT2D eigenvalue weighted by atomic mass is 16.3. The first kappa shape index (κ1) is 29.9. The first-order valence-corrected chi connectivity index (χ1v) is 17.6. The number of hydrogen-bond donors (Lipinski definition) is 0. The fourth-order valence-electron chi connectivity index (χ4n) is 7.58. The summed E-state index contributed by atoms with van der Waals surface area (Å²) in [5.74, 6) is 0. The van der Waals surface area contributed by atoms with Gasteiger partial charge in [0.2, 0.25) is 0 Å². The maximum atomic E-state index is 6.71. The summed E-state index contributed by atoms with van der Waals surface area (Å²) in [7, 11) is 0. The summed E-state index contributed by atoms with van der Waals surface area (Å²) >= 11 is 0. The third kappa shape index (κ3) is 5.10. The van der Waals surface area contributed by atoms with Crippen LogP contribution in [0, 0.1) is 0 Å². The molecule has 0 saturated carbocycles. The van der Waals surface area contributed by atoms with Crippen molar-refractivity contribution in [1.82, 2.24) is 4.98 Å². The number of fused-ring (bicyclic) bond motifs is 5. The van der Waals surface area contributed by atoms with E-state index in [-0.39, 0.29) is 0 Å². The Morgan fingerprint density at radius 1 is 0.404 bits per heavy atom. The van der Waals surface area contributed by atoms with Crippen LogP contribution in [-0.2, 0) is 0 Å². The van der Waals surface area contributed by atoms with Crippen molar-refractivity contribution in [2.45, 2.75) is 0 Å². The van der Waals surface area contributed by atoms with Crippen LogP contribution in [0.2, 0.25) is 0 Å². The molecule has 0 bridgehead atoms. The zero-order valence-electron chi connectivity index (χ0n) is 28.3. The minimum atomic E-state index is 0.835. The molecule has 8 aromatic carbocycles. The summed E-state index contributed by atoms with van der Waals surface area (Å²) in [6.07, 6.45) is 3.81. The molecule has 10 rings (SSSR count). The second-order valence-electron chi connectivity index (χ2n) is 13.2. The molecule has 52 heavy (non-hydrogen) atoms. The Morgan fingerprint density at radius 2 is 0.981 bits per heavy atom. The quantitative estimate of drug-likeness (QED) is 0.177. The molecular formula is C49H32N2O. The molecule has 0 aliphatic carbocycles. The number of benzene rings is 8. The second-order valence-corrected chi connectivity index (χ2v) is 13.2. The molecule has 0 N–H and O–H groups in total. The van der Waals surface area contributed by atoms with Gasteiger partial charge in [0.15, 0.2) is 5.58 Å². The van der Waals surface area contributed by atoms with Crippen molar-refractivity contribution in [3.8, 4) is 33.4 Å². The lowest BCUT2D eigenvalue weighted by Gasteiger charge is -2.27. The maximum Gasteiger partial charge on any atom is 0.160 e. The number of furan rings is 1. The Kier molecular flexibility index (Phi) is 7.14. The van der Waals surface area contributed by atoms with E-state index < -0.39 is 0 Å². The van der Waals surface area contributed by atoms with Gasteiger partial charge in [-0.2, -0.15) is 0 Å². The summed E-state index contributed by atoms with van der Waals surface area (Å²) in [5.41, 5.74) is 11.9. The van der Waals surface area contributed by atoms with E-state index in [9.17, 15) is 0 Å². The molecule has 2 heterocycles. The van der Waals surface area contributed by atoms with E-state index in [0.717, 1.165) is 55.3 Å². The summed E-state index contributed by atoms with van der Waals surface area (Å²) in [6, 6.07) is 64.7. The monoisotopic (exact) mass is 664 g/mol. The van der Waals surface area contributed by atoms with Crippen LogP contribution < -0.4 is 4.90 Å². The van der Waals surface area contributed by atoms with Crippen molar-refractivity contribution >= 4 is 60.5 Å². The van der Waals surface area contributed by atoms with Crippen molar-refractivity contribution in [2.75, 3.05) is 4.90 Å². The first-order valence-electron chi connectivity index (χ1n) is 17.6. The molecule has 0 fully saturated rings. The fraction of sp³-hybridized carbons (Fsp3) is 0. The van der Waals surface area contributed by atoms with E-state index in [1.165, 1.54) is 38.6 Å². The van der Waals surface area contributed by atoms with Gasteiger partial charge in [0, 0.05) is 39.9 Å². The zero-order valence-corrected chi connectivity index (χ0v) is 28.3. The van der Waals surface area contributed by atoms with Crippen molar-refractivity contribution in [2.24, 2.45) is 0 Å². The number of rotatable bonds is 6. The van der Waals surface area contributed by atoms with E-state index in [0.29, 0.717) is 0 Å². The largest absolute Gasteiger partial charge is 0.454 e. The van der Waals surface area contributed by atoms with Gasteiger partial charge in [0.05, 0.1) is 5.69 Å². The maximum absolute atomic E-state index is 6.71. The average molecular weight is 665 g/mol. The molecule has 0 atom stereocenters. The summed E-state index contributed by atoms with van der Waals surface area (Å²) in [6.45, 7) is 0. The Hall–Kier alpha value is -6.97. The lowest BCUT2D eigenvalue weighted by molar-refractivity contribution is 0.669. The minimum absolute atomic E-state index is 0.835. The van der Waals surface area contributed by atoms with Gasteiger partial charge in [-0.3, -0.25) is 4.98 Å². The Labute approximate surface area is 301 Å². The predicted molar refractivity (Wildman–Crippen MR) is 218 cm³/mol. The normalized spacial score (nSPS) is 11.5. The lowest BCUT2D eigenvalue weighted by Crippen LogP contribution is -2.11. The highest BCUT2D eigenvalue weighted by Crippen LogP contribution is 2.47. The van der Waals surface area contributed by atoms with E-state index >= 15 is 0 Å². The van der Waals surface area contributed by atoms with Crippen molar-refractivity contribution in [3.05, 3.63) is 194 Å². The molecule has 0 spiro atoms. The van der Waals surface area contributed by atoms with Gasteiger partial charge in [-0.05, 0) is 92.0 Å². The van der Waals surface area contributed by atoms with Crippen LogP contribution in [0.3, 0.4) is 0 Å². The predicted octanol–water partition coefficient (Wildman–Crippen LogP) is 13.8. The molecule has 0 aliphatic heterocycles. The van der Waals surface area contributed by atoms with Gasteiger partial charge in [-0.1, -0.05) is 140 Å². The third-order valence-electron chi connectivity index (χ3n) is 10.2. The Balaban J connectivity index is 1.11. The minimum Gasteiger partial charge on any atom is -0.454 e. The van der Waals surface area contributed by atoms with E-state index in [4.69, 9.17) is 4.42 Å². The number of para-hydroxylation sites is 1. The van der Waals surface area contributed by atoms with Gasteiger partial charge in [0.1, 0.15) is 5.58 Å². The number of nitrogens with zero attached hydrogens (tertiary/aromatic N) is 2. The molecule has 2 aromatic heterocycles. The molecule has 0 radical (unpaired) electrons. The van der Waals surface area contributed by atoms with Gasteiger partial charge in [0.25, 0.3) is 0 Å². The number of aromatic nitrogens is 1. The van der Waals surface area contributed by atoms with Gasteiger partial charge in [-0.15, -0.1) is 0 Å². The van der Waals surface area contributed by atoms with E-state index in [1.807, 2.05) is 24.5 Å². The highest BCUT2D eigenvalue weighted by Gasteiger charge is 2.23. The third-order valence-corrected chi connectivity index (χ3v) is 10.2. The fourth-order valence-corrected chi connectivity index (χ4v) is 7.58. The molecule has 0 unspecified atom stereocenters.